The second-order valence-corrected chi connectivity index (χ2v) is 5.30. The van der Waals surface area contributed by atoms with Crippen molar-refractivity contribution >= 4 is 45.8 Å². The Labute approximate surface area is 126 Å². The van der Waals surface area contributed by atoms with Crippen molar-refractivity contribution in [3.05, 3.63) is 62.2 Å². The van der Waals surface area contributed by atoms with Crippen LogP contribution in [0.15, 0.2) is 36.4 Å². The molecule has 2 aromatic rings. The van der Waals surface area contributed by atoms with E-state index in [1.807, 2.05) is 22.6 Å². The molecule has 0 unspecified atom stereocenters. The molecule has 0 bridgehead atoms. The lowest BCUT2D eigenvalue weighted by molar-refractivity contribution is 0.102. The van der Waals surface area contributed by atoms with Gasteiger partial charge in [-0.2, -0.15) is 0 Å². The minimum Gasteiger partial charge on any atom is -0.321 e. The monoisotopic (exact) mass is 393 g/mol. The van der Waals surface area contributed by atoms with Crippen LogP contribution in [0.2, 0.25) is 5.02 Å². The van der Waals surface area contributed by atoms with Crippen molar-refractivity contribution < 1.29 is 13.6 Å². The fourth-order valence-corrected chi connectivity index (χ4v) is 2.46. The second-order valence-electron chi connectivity index (χ2n) is 3.70. The van der Waals surface area contributed by atoms with Crippen LogP contribution in [0.3, 0.4) is 0 Å². The Balaban J connectivity index is 2.28. The smallest absolute Gasteiger partial charge is 0.258 e. The van der Waals surface area contributed by atoms with Gasteiger partial charge in [-0.3, -0.25) is 4.79 Å². The fourth-order valence-electron chi connectivity index (χ4n) is 1.45. The first kappa shape index (κ1) is 14.2. The van der Waals surface area contributed by atoms with E-state index in [0.717, 1.165) is 18.2 Å². The van der Waals surface area contributed by atoms with Gasteiger partial charge >= 0.3 is 0 Å². The highest BCUT2D eigenvalue weighted by Crippen LogP contribution is 2.23. The lowest BCUT2D eigenvalue weighted by Gasteiger charge is -2.08. The number of hydrogen-bond acceptors (Lipinski definition) is 1. The zero-order valence-corrected chi connectivity index (χ0v) is 12.3. The van der Waals surface area contributed by atoms with E-state index < -0.39 is 17.5 Å². The third-order valence-corrected chi connectivity index (χ3v) is 3.48. The predicted molar refractivity (Wildman–Crippen MR) is 78.5 cm³/mol. The maximum Gasteiger partial charge on any atom is 0.258 e. The lowest BCUT2D eigenvalue weighted by Crippen LogP contribution is -2.14. The molecular formula is C13H7ClF2INO. The first-order chi connectivity index (χ1) is 8.97. The Bertz CT molecular complexity index is 649. The van der Waals surface area contributed by atoms with Crippen LogP contribution in [0.25, 0.3) is 0 Å². The number of amides is 1. The molecule has 0 heterocycles. The van der Waals surface area contributed by atoms with Gasteiger partial charge in [0.25, 0.3) is 5.91 Å². The molecule has 19 heavy (non-hydrogen) atoms. The van der Waals surface area contributed by atoms with Gasteiger partial charge in [-0.05, 0) is 59.0 Å². The van der Waals surface area contributed by atoms with E-state index in [1.165, 1.54) is 0 Å². The number of benzene rings is 2. The van der Waals surface area contributed by atoms with Crippen LogP contribution in [0, 0.1) is 15.2 Å². The SMILES string of the molecule is O=C(Nc1ccc(Cl)cc1I)c1cc(F)ccc1F. The normalized spacial score (nSPS) is 10.3. The number of nitrogens with one attached hydrogen (secondary N) is 1. The van der Waals surface area contributed by atoms with Crippen molar-refractivity contribution in [2.75, 3.05) is 5.32 Å². The standard InChI is InChI=1S/C13H7ClF2INO/c14-7-1-4-12(11(17)5-7)18-13(19)9-6-8(15)2-3-10(9)16/h1-6H,(H,18,19). The highest BCUT2D eigenvalue weighted by Gasteiger charge is 2.14. The molecule has 0 saturated heterocycles. The van der Waals surface area contributed by atoms with Gasteiger partial charge in [0.15, 0.2) is 0 Å². The quantitative estimate of drug-likeness (QED) is 0.749. The third kappa shape index (κ3) is 3.42. The van der Waals surface area contributed by atoms with Crippen molar-refractivity contribution in [2.24, 2.45) is 0 Å². The summed E-state index contributed by atoms with van der Waals surface area (Å²) in [7, 11) is 0. The van der Waals surface area contributed by atoms with E-state index in [9.17, 15) is 13.6 Å². The van der Waals surface area contributed by atoms with Crippen molar-refractivity contribution in [3.8, 4) is 0 Å². The summed E-state index contributed by atoms with van der Waals surface area (Å²) in [5.74, 6) is -2.16. The summed E-state index contributed by atoms with van der Waals surface area (Å²) in [6.07, 6.45) is 0. The molecule has 0 aliphatic heterocycles. The zero-order valence-electron chi connectivity index (χ0n) is 9.38. The molecule has 2 rings (SSSR count). The van der Waals surface area contributed by atoms with Crippen LogP contribution in [0.4, 0.5) is 14.5 Å². The van der Waals surface area contributed by atoms with Gasteiger partial charge in [0.2, 0.25) is 0 Å². The first-order valence-corrected chi connectivity index (χ1v) is 6.64. The van der Waals surface area contributed by atoms with Gasteiger partial charge in [-0.25, -0.2) is 8.78 Å². The summed E-state index contributed by atoms with van der Waals surface area (Å²) >= 11 is 7.78. The maximum absolute atomic E-state index is 13.4. The highest BCUT2D eigenvalue weighted by molar-refractivity contribution is 14.1. The Kier molecular flexibility index (Phi) is 4.36. The largest absolute Gasteiger partial charge is 0.321 e. The van der Waals surface area contributed by atoms with Gasteiger partial charge in [0, 0.05) is 8.59 Å². The van der Waals surface area contributed by atoms with Gasteiger partial charge in [-0.1, -0.05) is 11.6 Å². The summed E-state index contributed by atoms with van der Waals surface area (Å²) in [4.78, 5) is 11.9. The van der Waals surface area contributed by atoms with Gasteiger partial charge in [-0.15, -0.1) is 0 Å². The molecule has 0 radical (unpaired) electrons. The summed E-state index contributed by atoms with van der Waals surface area (Å²) in [5, 5.41) is 3.04. The summed E-state index contributed by atoms with van der Waals surface area (Å²) < 4.78 is 27.2. The summed E-state index contributed by atoms with van der Waals surface area (Å²) in [6.45, 7) is 0. The van der Waals surface area contributed by atoms with Crippen molar-refractivity contribution in [1.29, 1.82) is 0 Å². The minimum atomic E-state index is -0.775. The molecule has 0 fully saturated rings. The number of rotatable bonds is 2. The lowest BCUT2D eigenvalue weighted by atomic mass is 10.2. The molecule has 98 valence electrons. The summed E-state index contributed by atoms with van der Waals surface area (Å²) in [5.41, 5.74) is 0.143. The second kappa shape index (κ2) is 5.83. The Hall–Kier alpha value is -1.21. The topological polar surface area (TPSA) is 29.1 Å². The predicted octanol–water partition coefficient (Wildman–Crippen LogP) is 4.48. The van der Waals surface area contributed by atoms with Gasteiger partial charge in [0.1, 0.15) is 11.6 Å². The van der Waals surface area contributed by atoms with Crippen LogP contribution in [0.1, 0.15) is 10.4 Å². The van der Waals surface area contributed by atoms with Crippen molar-refractivity contribution in [3.63, 3.8) is 0 Å². The van der Waals surface area contributed by atoms with Crippen LogP contribution >= 0.6 is 34.2 Å². The average molecular weight is 394 g/mol. The number of carbonyl (C=O) groups is 1. The van der Waals surface area contributed by atoms with Crippen LogP contribution in [0.5, 0.6) is 0 Å². The first-order valence-electron chi connectivity index (χ1n) is 5.19. The highest BCUT2D eigenvalue weighted by atomic mass is 127. The van der Waals surface area contributed by atoms with Crippen molar-refractivity contribution in [2.45, 2.75) is 0 Å². The molecule has 2 nitrogen and oxygen atoms in total. The average Bonchev–Trinajstić information content (AvgIpc) is 2.35. The molecule has 1 N–H and O–H groups in total. The number of carbonyl (C=O) groups excluding carboxylic acids is 1. The van der Waals surface area contributed by atoms with Gasteiger partial charge < -0.3 is 5.32 Å². The van der Waals surface area contributed by atoms with Gasteiger partial charge in [0.05, 0.1) is 11.3 Å². The number of hydrogen-bond donors (Lipinski definition) is 1. The van der Waals surface area contributed by atoms with E-state index in [1.54, 1.807) is 18.2 Å². The summed E-state index contributed by atoms with van der Waals surface area (Å²) in [6, 6.07) is 7.57. The molecule has 6 heteroatoms. The number of halogens is 4. The minimum absolute atomic E-state index is 0.342. The molecule has 2 aromatic carbocycles. The third-order valence-electron chi connectivity index (χ3n) is 2.35. The Morgan fingerprint density at radius 3 is 2.58 bits per heavy atom. The zero-order chi connectivity index (χ0) is 14.0. The van der Waals surface area contributed by atoms with E-state index in [0.29, 0.717) is 14.3 Å². The fraction of sp³-hybridized carbons (Fsp3) is 0. The molecule has 0 aromatic heterocycles. The number of anilines is 1. The Morgan fingerprint density at radius 1 is 1.16 bits per heavy atom. The molecule has 1 amide bonds. The molecule has 0 aliphatic carbocycles. The van der Waals surface area contributed by atoms with E-state index in [-0.39, 0.29) is 5.56 Å². The Morgan fingerprint density at radius 2 is 1.89 bits per heavy atom. The van der Waals surface area contributed by atoms with Crippen LogP contribution in [-0.4, -0.2) is 5.91 Å². The molecule has 0 spiro atoms. The van der Waals surface area contributed by atoms with Crippen LogP contribution < -0.4 is 5.32 Å². The van der Waals surface area contributed by atoms with E-state index >= 15 is 0 Å². The molecule has 0 atom stereocenters. The molecule has 0 aliphatic rings. The molecule has 0 saturated carbocycles. The van der Waals surface area contributed by atoms with E-state index in [2.05, 4.69) is 5.32 Å². The van der Waals surface area contributed by atoms with Crippen LogP contribution in [-0.2, 0) is 0 Å². The molecular weight excluding hydrogens is 387 g/mol. The van der Waals surface area contributed by atoms with E-state index in [4.69, 9.17) is 11.6 Å². The maximum atomic E-state index is 13.4. The van der Waals surface area contributed by atoms with Crippen molar-refractivity contribution in [1.82, 2.24) is 0 Å².